The van der Waals surface area contributed by atoms with Gasteiger partial charge < -0.3 is 5.32 Å². The quantitative estimate of drug-likeness (QED) is 0.485. The Morgan fingerprint density at radius 1 is 0.931 bits per heavy atom. The molecule has 0 spiro atoms. The lowest BCUT2D eigenvalue weighted by Crippen LogP contribution is -2.14. The molecule has 29 heavy (non-hydrogen) atoms. The average Bonchev–Trinajstić information content (AvgIpc) is 3.22. The molecular weight excluding hydrogens is 358 g/mol. The smallest absolute Gasteiger partial charge is 0.259 e. The molecule has 1 heterocycles. The van der Waals surface area contributed by atoms with Gasteiger partial charge in [-0.25, -0.2) is 4.68 Å². The number of carbonyl (C=O) groups is 1. The van der Waals surface area contributed by atoms with E-state index in [-0.39, 0.29) is 5.91 Å². The molecule has 4 nitrogen and oxygen atoms in total. The summed E-state index contributed by atoms with van der Waals surface area (Å²) < 4.78 is 1.76. The lowest BCUT2D eigenvalue weighted by Gasteiger charge is -2.13. The zero-order valence-electron chi connectivity index (χ0n) is 16.6. The number of hydrogen-bond donors (Lipinski definition) is 1. The highest BCUT2D eigenvalue weighted by Crippen LogP contribution is 2.27. The molecule has 0 aliphatic heterocycles. The number of carbonyl (C=O) groups excluding carboxylic acids is 1. The Morgan fingerprint density at radius 3 is 2.31 bits per heavy atom. The van der Waals surface area contributed by atoms with E-state index in [4.69, 9.17) is 5.10 Å². The van der Waals surface area contributed by atoms with Crippen LogP contribution < -0.4 is 5.32 Å². The molecule has 144 valence electrons. The molecule has 0 radical (unpaired) electrons. The minimum atomic E-state index is -0.157. The predicted molar refractivity (Wildman–Crippen MR) is 118 cm³/mol. The van der Waals surface area contributed by atoms with Crippen molar-refractivity contribution in [2.75, 3.05) is 5.32 Å². The van der Waals surface area contributed by atoms with Crippen LogP contribution in [0.1, 0.15) is 28.4 Å². The molecule has 1 aromatic heterocycles. The van der Waals surface area contributed by atoms with E-state index in [0.29, 0.717) is 11.3 Å². The van der Waals surface area contributed by atoms with Crippen molar-refractivity contribution in [3.63, 3.8) is 0 Å². The van der Waals surface area contributed by atoms with Gasteiger partial charge in [0.25, 0.3) is 5.91 Å². The third kappa shape index (κ3) is 3.83. The van der Waals surface area contributed by atoms with Gasteiger partial charge in [-0.3, -0.25) is 4.79 Å². The lowest BCUT2D eigenvalue weighted by molar-refractivity contribution is 0.102. The largest absolute Gasteiger partial charge is 0.321 e. The van der Waals surface area contributed by atoms with E-state index in [1.165, 1.54) is 0 Å². The van der Waals surface area contributed by atoms with Gasteiger partial charge in [0.1, 0.15) is 5.69 Å². The lowest BCUT2D eigenvalue weighted by atomic mass is 10.0. The molecule has 1 amide bonds. The molecule has 3 aromatic carbocycles. The molecule has 0 aliphatic rings. The molecule has 0 fully saturated rings. The van der Waals surface area contributed by atoms with Gasteiger partial charge in [-0.2, -0.15) is 5.10 Å². The third-order valence-electron chi connectivity index (χ3n) is 5.01. The second-order valence-electron chi connectivity index (χ2n) is 6.95. The van der Waals surface area contributed by atoms with Crippen LogP contribution in [-0.2, 0) is 6.42 Å². The number of benzene rings is 3. The van der Waals surface area contributed by atoms with Crippen molar-refractivity contribution in [3.05, 3.63) is 102 Å². The number of aromatic nitrogens is 2. The maximum Gasteiger partial charge on any atom is 0.259 e. The number of amides is 1. The SMILES string of the molecule is CCc1cccc(C)c1NC(=O)c1cn(-c2ccccc2)nc1-c1ccccc1. The number of aryl methyl sites for hydroxylation is 2. The van der Waals surface area contributed by atoms with Crippen LogP contribution in [0.2, 0.25) is 0 Å². The summed E-state index contributed by atoms with van der Waals surface area (Å²) in [7, 11) is 0. The normalized spacial score (nSPS) is 10.7. The van der Waals surface area contributed by atoms with Gasteiger partial charge in [0, 0.05) is 17.4 Å². The highest BCUT2D eigenvalue weighted by atomic mass is 16.1. The fraction of sp³-hybridized carbons (Fsp3) is 0.120. The van der Waals surface area contributed by atoms with Gasteiger partial charge in [-0.05, 0) is 36.6 Å². The molecular formula is C25H23N3O. The highest BCUT2D eigenvalue weighted by Gasteiger charge is 2.20. The summed E-state index contributed by atoms with van der Waals surface area (Å²) in [5, 5.41) is 7.86. The number of rotatable bonds is 5. The monoisotopic (exact) mass is 381 g/mol. The number of anilines is 1. The van der Waals surface area contributed by atoms with Crippen molar-refractivity contribution in [2.45, 2.75) is 20.3 Å². The first-order valence-electron chi connectivity index (χ1n) is 9.77. The first kappa shape index (κ1) is 18.7. The van der Waals surface area contributed by atoms with E-state index < -0.39 is 0 Å². The number of para-hydroxylation sites is 2. The Labute approximate surface area is 170 Å². The summed E-state index contributed by atoms with van der Waals surface area (Å²) in [6, 6.07) is 25.7. The Bertz CT molecular complexity index is 1130. The van der Waals surface area contributed by atoms with E-state index >= 15 is 0 Å². The molecule has 0 bridgehead atoms. The van der Waals surface area contributed by atoms with Crippen LogP contribution in [0.15, 0.2) is 85.1 Å². The highest BCUT2D eigenvalue weighted by molar-refractivity contribution is 6.08. The molecule has 1 N–H and O–H groups in total. The van der Waals surface area contributed by atoms with Crippen LogP contribution in [0.5, 0.6) is 0 Å². The van der Waals surface area contributed by atoms with Crippen molar-refractivity contribution >= 4 is 11.6 Å². The van der Waals surface area contributed by atoms with Crippen LogP contribution in [0.3, 0.4) is 0 Å². The van der Waals surface area contributed by atoms with Crippen LogP contribution >= 0.6 is 0 Å². The molecule has 0 saturated carbocycles. The minimum absolute atomic E-state index is 0.157. The van der Waals surface area contributed by atoms with Crippen LogP contribution in [0, 0.1) is 6.92 Å². The molecule has 0 saturated heterocycles. The first-order valence-corrected chi connectivity index (χ1v) is 9.77. The van der Waals surface area contributed by atoms with E-state index in [1.807, 2.05) is 85.8 Å². The summed E-state index contributed by atoms with van der Waals surface area (Å²) in [5.74, 6) is -0.157. The van der Waals surface area contributed by atoms with E-state index in [2.05, 4.69) is 12.2 Å². The van der Waals surface area contributed by atoms with Crippen molar-refractivity contribution in [2.24, 2.45) is 0 Å². The average molecular weight is 381 g/mol. The summed E-state index contributed by atoms with van der Waals surface area (Å²) in [4.78, 5) is 13.3. The summed E-state index contributed by atoms with van der Waals surface area (Å²) in [6.45, 7) is 4.10. The van der Waals surface area contributed by atoms with Gasteiger partial charge in [0.15, 0.2) is 0 Å². The second kappa shape index (κ2) is 8.15. The molecule has 4 aromatic rings. The second-order valence-corrected chi connectivity index (χ2v) is 6.95. The zero-order valence-corrected chi connectivity index (χ0v) is 16.6. The van der Waals surface area contributed by atoms with Crippen molar-refractivity contribution in [1.29, 1.82) is 0 Å². The van der Waals surface area contributed by atoms with Crippen LogP contribution in [0.25, 0.3) is 16.9 Å². The van der Waals surface area contributed by atoms with E-state index in [9.17, 15) is 4.79 Å². The fourth-order valence-electron chi connectivity index (χ4n) is 3.45. The molecule has 4 rings (SSSR count). The van der Waals surface area contributed by atoms with Crippen LogP contribution in [0.4, 0.5) is 5.69 Å². The van der Waals surface area contributed by atoms with Crippen LogP contribution in [-0.4, -0.2) is 15.7 Å². The zero-order chi connectivity index (χ0) is 20.2. The van der Waals surface area contributed by atoms with Gasteiger partial charge in [-0.15, -0.1) is 0 Å². The Kier molecular flexibility index (Phi) is 5.25. The number of nitrogens with zero attached hydrogens (tertiary/aromatic N) is 2. The third-order valence-corrected chi connectivity index (χ3v) is 5.01. The van der Waals surface area contributed by atoms with Gasteiger partial charge in [0.05, 0.1) is 11.3 Å². The van der Waals surface area contributed by atoms with Crippen molar-refractivity contribution in [1.82, 2.24) is 9.78 Å². The Hall–Kier alpha value is -3.66. The maximum absolute atomic E-state index is 13.3. The number of nitrogens with one attached hydrogen (secondary N) is 1. The van der Waals surface area contributed by atoms with E-state index in [0.717, 1.165) is 34.5 Å². The summed E-state index contributed by atoms with van der Waals surface area (Å²) in [6.07, 6.45) is 2.66. The minimum Gasteiger partial charge on any atom is -0.321 e. The standard InChI is InChI=1S/C25H23N3O/c1-3-19-14-10-11-18(2)23(19)26-25(29)22-17-28(21-15-8-5-9-16-21)27-24(22)20-12-6-4-7-13-20/h4-17H,3H2,1-2H3,(H,26,29). The van der Waals surface area contributed by atoms with Gasteiger partial charge >= 0.3 is 0 Å². The first-order chi connectivity index (χ1) is 14.2. The molecule has 0 atom stereocenters. The van der Waals surface area contributed by atoms with Gasteiger partial charge in [-0.1, -0.05) is 73.7 Å². The Morgan fingerprint density at radius 2 is 1.62 bits per heavy atom. The van der Waals surface area contributed by atoms with Crippen molar-refractivity contribution < 1.29 is 4.79 Å². The topological polar surface area (TPSA) is 46.9 Å². The van der Waals surface area contributed by atoms with E-state index in [1.54, 1.807) is 10.9 Å². The maximum atomic E-state index is 13.3. The summed E-state index contributed by atoms with van der Waals surface area (Å²) in [5.41, 5.74) is 6.08. The molecule has 4 heteroatoms. The number of hydrogen-bond acceptors (Lipinski definition) is 2. The van der Waals surface area contributed by atoms with Crippen molar-refractivity contribution in [3.8, 4) is 16.9 Å². The molecule has 0 aliphatic carbocycles. The summed E-state index contributed by atoms with van der Waals surface area (Å²) >= 11 is 0. The Balaban J connectivity index is 1.78. The predicted octanol–water partition coefficient (Wildman–Crippen LogP) is 5.66. The van der Waals surface area contributed by atoms with Gasteiger partial charge in [0.2, 0.25) is 0 Å². The molecule has 0 unspecified atom stereocenters. The fourth-order valence-corrected chi connectivity index (χ4v) is 3.45.